The van der Waals surface area contributed by atoms with E-state index in [4.69, 9.17) is 0 Å². The van der Waals surface area contributed by atoms with Gasteiger partial charge in [-0.05, 0) is 31.9 Å². The summed E-state index contributed by atoms with van der Waals surface area (Å²) in [7, 11) is 1.56. The van der Waals surface area contributed by atoms with E-state index in [1.807, 2.05) is 26.0 Å². The van der Waals surface area contributed by atoms with Crippen molar-refractivity contribution in [2.45, 2.75) is 40.7 Å². The summed E-state index contributed by atoms with van der Waals surface area (Å²) >= 11 is 0. The second-order valence-electron chi connectivity index (χ2n) is 6.16. The maximum absolute atomic E-state index is 12.4. The number of aryl methyl sites for hydroxylation is 2. The van der Waals surface area contributed by atoms with Crippen molar-refractivity contribution in [2.24, 2.45) is 0 Å². The number of anilines is 2. The molecule has 0 radical (unpaired) electrons. The van der Waals surface area contributed by atoms with Crippen LogP contribution in [0.4, 0.5) is 11.6 Å². The highest BCUT2D eigenvalue weighted by atomic mass is 16.2. The third-order valence-electron chi connectivity index (χ3n) is 4.19. The lowest BCUT2D eigenvalue weighted by atomic mass is 10.1. The van der Waals surface area contributed by atoms with Gasteiger partial charge in [-0.25, -0.2) is 0 Å². The van der Waals surface area contributed by atoms with Crippen molar-refractivity contribution in [1.82, 2.24) is 15.5 Å². The van der Waals surface area contributed by atoms with Gasteiger partial charge in [0.15, 0.2) is 11.6 Å². The minimum Gasteiger partial charge on any atom is -0.364 e. The first-order chi connectivity index (χ1) is 12.4. The van der Waals surface area contributed by atoms with Crippen LogP contribution >= 0.6 is 0 Å². The van der Waals surface area contributed by atoms with Gasteiger partial charge in [0.05, 0.1) is 5.56 Å². The van der Waals surface area contributed by atoms with Crippen LogP contribution in [-0.4, -0.2) is 29.1 Å². The van der Waals surface area contributed by atoms with Gasteiger partial charge < -0.3 is 16.0 Å². The molecule has 0 aliphatic heterocycles. The zero-order chi connectivity index (χ0) is 19.3. The van der Waals surface area contributed by atoms with E-state index in [9.17, 15) is 9.59 Å². The van der Waals surface area contributed by atoms with Crippen molar-refractivity contribution in [3.8, 4) is 0 Å². The highest BCUT2D eigenvalue weighted by Gasteiger charge is 2.20. The Morgan fingerprint density at radius 3 is 2.38 bits per heavy atom. The molecule has 0 saturated carbocycles. The molecule has 7 nitrogen and oxygen atoms in total. The second-order valence-corrected chi connectivity index (χ2v) is 6.16. The van der Waals surface area contributed by atoms with E-state index in [0.29, 0.717) is 35.7 Å². The van der Waals surface area contributed by atoms with Crippen molar-refractivity contribution in [3.05, 3.63) is 46.0 Å². The molecule has 1 aromatic heterocycles. The molecule has 2 rings (SSSR count). The molecular formula is C19H25N5O2. The molecule has 1 heterocycles. The van der Waals surface area contributed by atoms with Crippen molar-refractivity contribution < 1.29 is 9.59 Å². The highest BCUT2D eigenvalue weighted by Crippen LogP contribution is 2.23. The third kappa shape index (κ3) is 4.36. The van der Waals surface area contributed by atoms with Crippen LogP contribution in [0.3, 0.4) is 0 Å². The summed E-state index contributed by atoms with van der Waals surface area (Å²) in [6.45, 7) is 8.10. The Labute approximate surface area is 153 Å². The van der Waals surface area contributed by atoms with E-state index in [1.165, 1.54) is 5.56 Å². The first-order valence-electron chi connectivity index (χ1n) is 8.56. The standard InChI is InChI=1S/C19H25N5O2/c1-6-15(25)22-17-13(4)16(19(26)20-5)18(24-23-17)21-10-14-8-7-11(2)9-12(14)3/h7-9H,6,10H2,1-5H3,(H,20,26)(H,21,24)(H,22,23,25). The number of hydrogen-bond acceptors (Lipinski definition) is 5. The molecule has 0 aliphatic rings. The highest BCUT2D eigenvalue weighted by molar-refractivity contribution is 6.02. The van der Waals surface area contributed by atoms with Gasteiger partial charge in [0.2, 0.25) is 5.91 Å². The summed E-state index contributed by atoms with van der Waals surface area (Å²) < 4.78 is 0. The van der Waals surface area contributed by atoms with Crippen molar-refractivity contribution in [2.75, 3.05) is 17.7 Å². The van der Waals surface area contributed by atoms with Gasteiger partial charge in [0.25, 0.3) is 5.91 Å². The minimum atomic E-state index is -0.285. The lowest BCUT2D eigenvalue weighted by molar-refractivity contribution is -0.115. The van der Waals surface area contributed by atoms with Gasteiger partial charge in [-0.1, -0.05) is 30.7 Å². The molecule has 3 N–H and O–H groups in total. The van der Waals surface area contributed by atoms with Gasteiger partial charge in [-0.3, -0.25) is 9.59 Å². The van der Waals surface area contributed by atoms with Crippen LogP contribution in [0, 0.1) is 20.8 Å². The average molecular weight is 355 g/mol. The molecule has 26 heavy (non-hydrogen) atoms. The predicted octanol–water partition coefficient (Wildman–Crippen LogP) is 2.72. The maximum Gasteiger partial charge on any atom is 0.255 e. The van der Waals surface area contributed by atoms with E-state index in [2.05, 4.69) is 32.2 Å². The Morgan fingerprint density at radius 1 is 1.08 bits per heavy atom. The number of carbonyl (C=O) groups is 2. The SMILES string of the molecule is CCC(=O)Nc1nnc(NCc2ccc(C)cc2C)c(C(=O)NC)c1C. The van der Waals surface area contributed by atoms with E-state index >= 15 is 0 Å². The fourth-order valence-corrected chi connectivity index (χ4v) is 2.61. The molecule has 0 unspecified atom stereocenters. The summed E-state index contributed by atoms with van der Waals surface area (Å²) in [5.74, 6) is 0.220. The van der Waals surface area contributed by atoms with Crippen LogP contribution in [-0.2, 0) is 11.3 Å². The fraction of sp³-hybridized carbons (Fsp3) is 0.368. The van der Waals surface area contributed by atoms with E-state index in [1.54, 1.807) is 20.9 Å². The van der Waals surface area contributed by atoms with Crippen LogP contribution < -0.4 is 16.0 Å². The molecule has 0 aliphatic carbocycles. The normalized spacial score (nSPS) is 10.3. The number of nitrogens with one attached hydrogen (secondary N) is 3. The molecular weight excluding hydrogens is 330 g/mol. The molecule has 0 bridgehead atoms. The zero-order valence-corrected chi connectivity index (χ0v) is 15.9. The molecule has 0 spiro atoms. The fourth-order valence-electron chi connectivity index (χ4n) is 2.61. The lowest BCUT2D eigenvalue weighted by Crippen LogP contribution is -2.24. The number of aromatic nitrogens is 2. The summed E-state index contributed by atoms with van der Waals surface area (Å²) in [5.41, 5.74) is 4.42. The summed E-state index contributed by atoms with van der Waals surface area (Å²) in [6, 6.07) is 6.20. The summed E-state index contributed by atoms with van der Waals surface area (Å²) in [6.07, 6.45) is 0.323. The van der Waals surface area contributed by atoms with Crippen LogP contribution in [0.15, 0.2) is 18.2 Å². The number of carbonyl (C=O) groups excluding carboxylic acids is 2. The zero-order valence-electron chi connectivity index (χ0n) is 15.9. The van der Waals surface area contributed by atoms with Crippen molar-refractivity contribution in [3.63, 3.8) is 0 Å². The Balaban J connectivity index is 2.33. The number of amides is 2. The molecule has 138 valence electrons. The summed E-state index contributed by atoms with van der Waals surface area (Å²) in [5, 5.41) is 16.7. The number of rotatable bonds is 6. The van der Waals surface area contributed by atoms with Gasteiger partial charge >= 0.3 is 0 Å². The van der Waals surface area contributed by atoms with Crippen LogP contribution in [0.2, 0.25) is 0 Å². The Bertz CT molecular complexity index is 833. The molecule has 0 atom stereocenters. The van der Waals surface area contributed by atoms with Crippen LogP contribution in [0.5, 0.6) is 0 Å². The second kappa shape index (κ2) is 8.42. The van der Waals surface area contributed by atoms with Gasteiger partial charge in [-0.2, -0.15) is 0 Å². The third-order valence-corrected chi connectivity index (χ3v) is 4.19. The molecule has 2 amide bonds. The van der Waals surface area contributed by atoms with Gasteiger partial charge in [-0.15, -0.1) is 10.2 Å². The summed E-state index contributed by atoms with van der Waals surface area (Å²) in [4.78, 5) is 24.0. The quantitative estimate of drug-likeness (QED) is 0.740. The largest absolute Gasteiger partial charge is 0.364 e. The molecule has 0 saturated heterocycles. The van der Waals surface area contributed by atoms with Gasteiger partial charge in [0, 0.05) is 25.6 Å². The van der Waals surface area contributed by atoms with E-state index < -0.39 is 0 Å². The first kappa shape index (κ1) is 19.4. The van der Waals surface area contributed by atoms with Gasteiger partial charge in [0.1, 0.15) is 0 Å². The Hall–Kier alpha value is -2.96. The molecule has 0 fully saturated rings. The average Bonchev–Trinajstić information content (AvgIpc) is 2.62. The maximum atomic E-state index is 12.4. The number of nitrogens with zero attached hydrogens (tertiary/aromatic N) is 2. The predicted molar refractivity (Wildman–Crippen MR) is 102 cm³/mol. The monoisotopic (exact) mass is 355 g/mol. The minimum absolute atomic E-state index is 0.179. The number of hydrogen-bond donors (Lipinski definition) is 3. The molecule has 7 heteroatoms. The smallest absolute Gasteiger partial charge is 0.255 e. The van der Waals surface area contributed by atoms with Crippen molar-refractivity contribution >= 4 is 23.5 Å². The molecule has 1 aromatic carbocycles. The van der Waals surface area contributed by atoms with Crippen molar-refractivity contribution in [1.29, 1.82) is 0 Å². The lowest BCUT2D eigenvalue weighted by Gasteiger charge is -2.15. The number of benzene rings is 1. The first-order valence-corrected chi connectivity index (χ1v) is 8.56. The topological polar surface area (TPSA) is 96.0 Å². The van der Waals surface area contributed by atoms with E-state index in [0.717, 1.165) is 11.1 Å². The van der Waals surface area contributed by atoms with E-state index in [-0.39, 0.29) is 11.8 Å². The van der Waals surface area contributed by atoms with Crippen LogP contribution in [0.1, 0.15) is 46.0 Å². The molecule has 2 aromatic rings. The Morgan fingerprint density at radius 2 is 1.77 bits per heavy atom. The Kier molecular flexibility index (Phi) is 6.27. The van der Waals surface area contributed by atoms with Crippen LogP contribution in [0.25, 0.3) is 0 Å².